The van der Waals surface area contributed by atoms with Gasteiger partial charge in [0.2, 0.25) is 5.91 Å². The van der Waals surface area contributed by atoms with E-state index in [0.29, 0.717) is 13.1 Å². The Kier molecular flexibility index (Phi) is 7.75. The molecule has 3 rings (SSSR count). The fourth-order valence-corrected chi connectivity index (χ4v) is 4.41. The van der Waals surface area contributed by atoms with E-state index in [0.717, 1.165) is 38.1 Å². The molecule has 1 saturated heterocycles. The third-order valence-corrected chi connectivity index (χ3v) is 6.08. The first kappa shape index (κ1) is 21.4. The van der Waals surface area contributed by atoms with Crippen molar-refractivity contribution in [3.63, 3.8) is 0 Å². The minimum atomic E-state index is -0.323. The molecular weight excluding hydrogens is 368 g/mol. The summed E-state index contributed by atoms with van der Waals surface area (Å²) in [6, 6.07) is 8.29. The number of rotatable bonds is 7. The number of nitrogens with zero attached hydrogens (tertiary/aromatic N) is 2. The number of hydrogen-bond donors (Lipinski definition) is 2. The Hall–Kier alpha value is -2.28. The summed E-state index contributed by atoms with van der Waals surface area (Å²) in [4.78, 5) is 28.5. The molecule has 0 radical (unpaired) electrons. The van der Waals surface area contributed by atoms with Crippen LogP contribution in [0.4, 0.5) is 4.79 Å². The van der Waals surface area contributed by atoms with Crippen LogP contribution in [0.2, 0.25) is 0 Å². The van der Waals surface area contributed by atoms with Crippen LogP contribution in [0.5, 0.6) is 5.75 Å². The van der Waals surface area contributed by atoms with Crippen LogP contribution >= 0.6 is 0 Å². The molecule has 7 nitrogen and oxygen atoms in total. The van der Waals surface area contributed by atoms with E-state index in [1.165, 1.54) is 24.8 Å². The lowest BCUT2D eigenvalue weighted by molar-refractivity contribution is -0.119. The number of urea groups is 1. The monoisotopic (exact) mass is 402 g/mol. The van der Waals surface area contributed by atoms with Crippen molar-refractivity contribution in [1.29, 1.82) is 0 Å². The van der Waals surface area contributed by atoms with Crippen LogP contribution in [0.25, 0.3) is 0 Å². The normalized spacial score (nSPS) is 21.0. The molecule has 7 heteroatoms. The molecule has 2 fully saturated rings. The number of methoxy groups -OCH3 is 1. The highest BCUT2D eigenvalue weighted by atomic mass is 16.5. The number of benzene rings is 1. The van der Waals surface area contributed by atoms with Crippen LogP contribution in [0.1, 0.15) is 44.1 Å². The molecule has 1 heterocycles. The van der Waals surface area contributed by atoms with E-state index in [9.17, 15) is 9.59 Å². The molecular formula is C22H34N4O3. The summed E-state index contributed by atoms with van der Waals surface area (Å²) in [5.74, 6) is 0.524. The molecule has 0 bridgehead atoms. The van der Waals surface area contributed by atoms with E-state index in [-0.39, 0.29) is 30.4 Å². The number of nitrogens with one attached hydrogen (secondary N) is 1. The molecule has 2 aliphatic rings. The molecule has 160 valence electrons. The zero-order chi connectivity index (χ0) is 20.6. The maximum absolute atomic E-state index is 12.7. The van der Waals surface area contributed by atoms with Crippen molar-refractivity contribution in [3.05, 3.63) is 29.8 Å². The van der Waals surface area contributed by atoms with Gasteiger partial charge >= 0.3 is 6.03 Å². The number of primary amides is 1. The summed E-state index contributed by atoms with van der Waals surface area (Å²) in [6.45, 7) is 2.79. The Morgan fingerprint density at radius 3 is 2.72 bits per heavy atom. The van der Waals surface area contributed by atoms with Gasteiger partial charge in [-0.25, -0.2) is 4.79 Å². The molecule has 29 heavy (non-hydrogen) atoms. The maximum Gasteiger partial charge on any atom is 0.317 e. The number of piperazine rings is 1. The predicted octanol–water partition coefficient (Wildman–Crippen LogP) is 2.14. The largest absolute Gasteiger partial charge is 0.497 e. The second kappa shape index (κ2) is 10.5. The summed E-state index contributed by atoms with van der Waals surface area (Å²) >= 11 is 0. The van der Waals surface area contributed by atoms with E-state index < -0.39 is 0 Å². The lowest BCUT2D eigenvalue weighted by Crippen LogP contribution is -2.58. The molecule has 1 aliphatic heterocycles. The summed E-state index contributed by atoms with van der Waals surface area (Å²) in [5.41, 5.74) is 6.69. The van der Waals surface area contributed by atoms with Crippen molar-refractivity contribution in [3.8, 4) is 5.75 Å². The molecule has 3 N–H and O–H groups in total. The summed E-state index contributed by atoms with van der Waals surface area (Å²) in [7, 11) is 1.67. The molecule has 0 aromatic heterocycles. The Morgan fingerprint density at radius 1 is 1.21 bits per heavy atom. The van der Waals surface area contributed by atoms with Gasteiger partial charge in [-0.1, -0.05) is 31.4 Å². The number of amides is 3. The second-order valence-electron chi connectivity index (χ2n) is 8.19. The first-order valence-corrected chi connectivity index (χ1v) is 10.8. The van der Waals surface area contributed by atoms with Gasteiger partial charge < -0.3 is 20.7 Å². The van der Waals surface area contributed by atoms with Crippen molar-refractivity contribution >= 4 is 11.9 Å². The zero-order valence-electron chi connectivity index (χ0n) is 17.4. The van der Waals surface area contributed by atoms with E-state index in [4.69, 9.17) is 10.5 Å². The number of carbonyl (C=O) groups excluding carboxylic acids is 2. The molecule has 0 spiro atoms. The van der Waals surface area contributed by atoms with Gasteiger partial charge in [0, 0.05) is 44.7 Å². The SMILES string of the molecule is COc1cccc(CCN2CCN(C(=O)NC3CCCCC3)CC2CC(N)=O)c1. The van der Waals surface area contributed by atoms with Gasteiger partial charge in [-0.05, 0) is 37.0 Å². The zero-order valence-corrected chi connectivity index (χ0v) is 17.4. The average molecular weight is 403 g/mol. The smallest absolute Gasteiger partial charge is 0.317 e. The van der Waals surface area contributed by atoms with Crippen LogP contribution < -0.4 is 15.8 Å². The van der Waals surface area contributed by atoms with Gasteiger partial charge in [-0.3, -0.25) is 9.69 Å². The first-order valence-electron chi connectivity index (χ1n) is 10.8. The summed E-state index contributed by atoms with van der Waals surface area (Å²) < 4.78 is 5.30. The van der Waals surface area contributed by atoms with Crippen LogP contribution in [0.3, 0.4) is 0 Å². The Balaban J connectivity index is 1.56. The third kappa shape index (κ3) is 6.35. The van der Waals surface area contributed by atoms with Gasteiger partial charge in [0.15, 0.2) is 0 Å². The molecule has 1 aromatic rings. The minimum absolute atomic E-state index is 0.00110. The maximum atomic E-state index is 12.7. The van der Waals surface area contributed by atoms with E-state index in [1.54, 1.807) is 7.11 Å². The lowest BCUT2D eigenvalue weighted by Gasteiger charge is -2.41. The lowest BCUT2D eigenvalue weighted by atomic mass is 9.96. The highest BCUT2D eigenvalue weighted by Gasteiger charge is 2.31. The number of ether oxygens (including phenoxy) is 1. The Labute approximate surface area is 173 Å². The van der Waals surface area contributed by atoms with Gasteiger partial charge in [0.1, 0.15) is 5.75 Å². The number of carbonyl (C=O) groups is 2. The highest BCUT2D eigenvalue weighted by molar-refractivity contribution is 5.76. The molecule has 1 saturated carbocycles. The van der Waals surface area contributed by atoms with Gasteiger partial charge in [0.05, 0.1) is 7.11 Å². The van der Waals surface area contributed by atoms with Gasteiger partial charge in [-0.15, -0.1) is 0 Å². The number of hydrogen-bond acceptors (Lipinski definition) is 4. The average Bonchev–Trinajstić information content (AvgIpc) is 2.73. The summed E-state index contributed by atoms with van der Waals surface area (Å²) in [5, 5.41) is 3.19. The minimum Gasteiger partial charge on any atom is -0.497 e. The van der Waals surface area contributed by atoms with Crippen molar-refractivity contribution < 1.29 is 14.3 Å². The van der Waals surface area contributed by atoms with E-state index in [2.05, 4.69) is 16.3 Å². The van der Waals surface area contributed by atoms with Gasteiger partial charge in [-0.2, -0.15) is 0 Å². The van der Waals surface area contributed by atoms with Crippen LogP contribution in [-0.2, 0) is 11.2 Å². The van der Waals surface area contributed by atoms with Crippen molar-refractivity contribution in [2.24, 2.45) is 5.73 Å². The number of nitrogens with two attached hydrogens (primary N) is 1. The van der Waals surface area contributed by atoms with Crippen LogP contribution in [-0.4, -0.2) is 67.1 Å². The van der Waals surface area contributed by atoms with E-state index in [1.807, 2.05) is 23.1 Å². The third-order valence-electron chi connectivity index (χ3n) is 6.08. The fraction of sp³-hybridized carbons (Fsp3) is 0.636. The molecule has 3 amide bonds. The van der Waals surface area contributed by atoms with Crippen LogP contribution in [0.15, 0.2) is 24.3 Å². The Bertz CT molecular complexity index is 690. The van der Waals surface area contributed by atoms with Gasteiger partial charge in [0.25, 0.3) is 0 Å². The van der Waals surface area contributed by atoms with Crippen molar-refractivity contribution in [1.82, 2.24) is 15.1 Å². The van der Waals surface area contributed by atoms with Crippen molar-refractivity contribution in [2.45, 2.75) is 57.0 Å². The van der Waals surface area contributed by atoms with E-state index >= 15 is 0 Å². The predicted molar refractivity (Wildman–Crippen MR) is 113 cm³/mol. The van der Waals surface area contributed by atoms with Crippen molar-refractivity contribution in [2.75, 3.05) is 33.3 Å². The fourth-order valence-electron chi connectivity index (χ4n) is 4.41. The molecule has 1 aliphatic carbocycles. The summed E-state index contributed by atoms with van der Waals surface area (Å²) in [6.07, 6.45) is 6.90. The molecule has 1 atom stereocenters. The highest BCUT2D eigenvalue weighted by Crippen LogP contribution is 2.19. The molecule has 1 unspecified atom stereocenters. The second-order valence-corrected chi connectivity index (χ2v) is 8.19. The topological polar surface area (TPSA) is 87.9 Å². The molecule has 1 aromatic carbocycles. The quantitative estimate of drug-likeness (QED) is 0.731. The standard InChI is InChI=1S/C22H34N4O3/c1-29-20-9-5-6-17(14-20)10-11-25-12-13-26(16-19(25)15-21(23)27)22(28)24-18-7-3-2-4-8-18/h5-6,9,14,18-19H,2-4,7-8,10-13,15-16H2,1H3,(H2,23,27)(H,24,28). The Morgan fingerprint density at radius 2 is 2.00 bits per heavy atom. The van der Waals surface area contributed by atoms with Crippen LogP contribution in [0, 0.1) is 0 Å². The first-order chi connectivity index (χ1) is 14.0.